The Kier molecular flexibility index (Phi) is 3.27. The number of rotatable bonds is 2. The molecule has 0 spiro atoms. The van der Waals surface area contributed by atoms with E-state index in [9.17, 15) is 4.79 Å². The molecule has 0 saturated heterocycles. The molecule has 5 atom stereocenters. The van der Waals surface area contributed by atoms with Gasteiger partial charge in [-0.2, -0.15) is 0 Å². The Morgan fingerprint density at radius 2 is 1.80 bits per heavy atom. The van der Waals surface area contributed by atoms with E-state index in [4.69, 9.17) is 0 Å². The second-order valence-corrected chi connectivity index (χ2v) is 7.80. The first kappa shape index (κ1) is 13.9. The van der Waals surface area contributed by atoms with Crippen molar-refractivity contribution in [3.8, 4) is 0 Å². The number of benzene rings is 1. The number of hydrogen-bond donors (Lipinski definition) is 0. The molecule has 2 saturated carbocycles. The van der Waals surface area contributed by atoms with Crippen LogP contribution in [0.3, 0.4) is 0 Å². The van der Waals surface area contributed by atoms with E-state index in [2.05, 4.69) is 51.1 Å². The normalized spacial score (nSPS) is 44.0. The van der Waals surface area contributed by atoms with Crippen molar-refractivity contribution >= 4 is 6.29 Å². The van der Waals surface area contributed by atoms with Gasteiger partial charge in [-0.05, 0) is 54.4 Å². The summed E-state index contributed by atoms with van der Waals surface area (Å²) in [5, 5.41) is 0. The summed E-state index contributed by atoms with van der Waals surface area (Å²) in [7, 11) is 0. The highest BCUT2D eigenvalue weighted by atomic mass is 16.1. The summed E-state index contributed by atoms with van der Waals surface area (Å²) in [6.45, 7) is 6.96. The molecule has 3 rings (SSSR count). The zero-order chi connectivity index (χ0) is 14.4. The van der Waals surface area contributed by atoms with E-state index in [0.717, 1.165) is 24.7 Å². The fraction of sp³-hybridized carbons (Fsp3) is 0.632. The smallest absolute Gasteiger partial charge is 0.125 e. The standard InChI is InChI=1S/C19H26O/c1-14-9-19(17-7-5-4-6-8-17)11-16(15(14)2)10-18(3,12-19)13-20/h4-8,13-16H,9-12H2,1-3H3. The maximum atomic E-state index is 11.7. The van der Waals surface area contributed by atoms with Crippen LogP contribution in [0.4, 0.5) is 0 Å². The highest BCUT2D eigenvalue weighted by molar-refractivity contribution is 5.60. The average molecular weight is 270 g/mol. The van der Waals surface area contributed by atoms with Gasteiger partial charge in [0.05, 0.1) is 0 Å². The van der Waals surface area contributed by atoms with E-state index < -0.39 is 0 Å². The molecule has 2 fully saturated rings. The quantitative estimate of drug-likeness (QED) is 0.717. The van der Waals surface area contributed by atoms with Gasteiger partial charge in [0.1, 0.15) is 6.29 Å². The Labute approximate surface area is 122 Å². The van der Waals surface area contributed by atoms with Crippen molar-refractivity contribution < 1.29 is 4.79 Å². The van der Waals surface area contributed by atoms with Crippen molar-refractivity contribution in [1.29, 1.82) is 0 Å². The molecule has 108 valence electrons. The van der Waals surface area contributed by atoms with Crippen LogP contribution in [0, 0.1) is 23.2 Å². The van der Waals surface area contributed by atoms with Crippen molar-refractivity contribution in [3.63, 3.8) is 0 Å². The third-order valence-electron chi connectivity index (χ3n) is 6.15. The van der Waals surface area contributed by atoms with Gasteiger partial charge in [0.25, 0.3) is 0 Å². The third-order valence-corrected chi connectivity index (χ3v) is 6.15. The first-order chi connectivity index (χ1) is 9.48. The molecule has 1 heteroatoms. The highest BCUT2D eigenvalue weighted by Gasteiger charge is 2.52. The van der Waals surface area contributed by atoms with Gasteiger partial charge >= 0.3 is 0 Å². The molecule has 0 aliphatic heterocycles. The van der Waals surface area contributed by atoms with Gasteiger partial charge in [0.2, 0.25) is 0 Å². The van der Waals surface area contributed by atoms with Gasteiger partial charge in [-0.15, -0.1) is 0 Å². The summed E-state index contributed by atoms with van der Waals surface area (Å²) in [5.41, 5.74) is 1.55. The maximum absolute atomic E-state index is 11.7. The second-order valence-electron chi connectivity index (χ2n) is 7.80. The van der Waals surface area contributed by atoms with Gasteiger partial charge in [-0.25, -0.2) is 0 Å². The van der Waals surface area contributed by atoms with Crippen molar-refractivity contribution in [3.05, 3.63) is 35.9 Å². The van der Waals surface area contributed by atoms with E-state index in [1.54, 1.807) is 0 Å². The Hall–Kier alpha value is -1.11. The predicted molar refractivity (Wildman–Crippen MR) is 82.6 cm³/mol. The molecule has 1 nitrogen and oxygen atoms in total. The van der Waals surface area contributed by atoms with Crippen LogP contribution in [-0.4, -0.2) is 6.29 Å². The summed E-state index contributed by atoms with van der Waals surface area (Å²) >= 11 is 0. The molecule has 1 aromatic rings. The third kappa shape index (κ3) is 2.12. The maximum Gasteiger partial charge on any atom is 0.125 e. The van der Waals surface area contributed by atoms with Crippen LogP contribution in [0.25, 0.3) is 0 Å². The Balaban J connectivity index is 2.05. The fourth-order valence-corrected chi connectivity index (χ4v) is 5.10. The van der Waals surface area contributed by atoms with Crippen molar-refractivity contribution in [2.75, 3.05) is 0 Å². The summed E-state index contributed by atoms with van der Waals surface area (Å²) in [6, 6.07) is 10.9. The monoisotopic (exact) mass is 270 g/mol. The van der Waals surface area contributed by atoms with E-state index in [1.165, 1.54) is 24.7 Å². The zero-order valence-corrected chi connectivity index (χ0v) is 12.9. The number of fused-ring (bicyclic) bond motifs is 2. The minimum absolute atomic E-state index is 0.132. The first-order valence-corrected chi connectivity index (χ1v) is 8.00. The molecule has 1 aromatic carbocycles. The van der Waals surface area contributed by atoms with Crippen LogP contribution in [-0.2, 0) is 10.2 Å². The molecule has 2 bridgehead atoms. The fourth-order valence-electron chi connectivity index (χ4n) is 5.10. The average Bonchev–Trinajstić information content (AvgIpc) is 2.45. The Bertz CT molecular complexity index is 490. The largest absolute Gasteiger partial charge is 0.303 e. The molecule has 2 aliphatic rings. The van der Waals surface area contributed by atoms with Gasteiger partial charge in [0.15, 0.2) is 0 Å². The van der Waals surface area contributed by atoms with Crippen LogP contribution < -0.4 is 0 Å². The molecule has 0 N–H and O–H groups in total. The summed E-state index contributed by atoms with van der Waals surface area (Å²) < 4.78 is 0. The minimum Gasteiger partial charge on any atom is -0.303 e. The zero-order valence-electron chi connectivity index (χ0n) is 12.9. The molecule has 20 heavy (non-hydrogen) atoms. The lowest BCUT2D eigenvalue weighted by atomic mass is 9.48. The van der Waals surface area contributed by atoms with Gasteiger partial charge in [0, 0.05) is 5.41 Å². The summed E-state index contributed by atoms with van der Waals surface area (Å²) in [6.07, 6.45) is 5.85. The SMILES string of the molecule is CC1CC2(c3ccccc3)CC(CC(C)(C=O)C2)C1C. The van der Waals surface area contributed by atoms with E-state index >= 15 is 0 Å². The summed E-state index contributed by atoms with van der Waals surface area (Å²) in [5.74, 6) is 2.19. The number of carbonyl (C=O) groups excluding carboxylic acids is 1. The molecule has 5 unspecified atom stereocenters. The molecular weight excluding hydrogens is 244 g/mol. The van der Waals surface area contributed by atoms with Crippen molar-refractivity contribution in [2.24, 2.45) is 23.2 Å². The molecule has 0 radical (unpaired) electrons. The lowest BCUT2D eigenvalue weighted by Crippen LogP contribution is -2.50. The number of aldehydes is 1. The number of carbonyl (C=O) groups is 1. The lowest BCUT2D eigenvalue weighted by molar-refractivity contribution is -0.122. The summed E-state index contributed by atoms with van der Waals surface area (Å²) in [4.78, 5) is 11.7. The van der Waals surface area contributed by atoms with Gasteiger partial charge in [-0.3, -0.25) is 0 Å². The molecule has 0 amide bonds. The van der Waals surface area contributed by atoms with Crippen LogP contribution in [0.2, 0.25) is 0 Å². The van der Waals surface area contributed by atoms with Gasteiger partial charge < -0.3 is 4.79 Å². The molecular formula is C19H26O. The van der Waals surface area contributed by atoms with Crippen LogP contribution in [0.15, 0.2) is 30.3 Å². The first-order valence-electron chi connectivity index (χ1n) is 8.00. The van der Waals surface area contributed by atoms with E-state index in [-0.39, 0.29) is 10.8 Å². The van der Waals surface area contributed by atoms with Crippen molar-refractivity contribution in [2.45, 2.75) is 51.9 Å². The second kappa shape index (κ2) is 4.72. The van der Waals surface area contributed by atoms with E-state index in [1.807, 2.05) is 0 Å². The Morgan fingerprint density at radius 3 is 2.45 bits per heavy atom. The highest BCUT2D eigenvalue weighted by Crippen LogP contribution is 2.58. The van der Waals surface area contributed by atoms with Crippen LogP contribution in [0.1, 0.15) is 52.0 Å². The van der Waals surface area contributed by atoms with Crippen LogP contribution >= 0.6 is 0 Å². The van der Waals surface area contributed by atoms with Crippen LogP contribution in [0.5, 0.6) is 0 Å². The predicted octanol–water partition coefficient (Wildman–Crippen LogP) is 4.61. The molecule has 0 heterocycles. The van der Waals surface area contributed by atoms with Gasteiger partial charge in [-0.1, -0.05) is 51.1 Å². The number of hydrogen-bond acceptors (Lipinski definition) is 1. The lowest BCUT2D eigenvalue weighted by Gasteiger charge is -2.56. The minimum atomic E-state index is -0.132. The Morgan fingerprint density at radius 1 is 1.10 bits per heavy atom. The van der Waals surface area contributed by atoms with Crippen molar-refractivity contribution in [1.82, 2.24) is 0 Å². The van der Waals surface area contributed by atoms with E-state index in [0.29, 0.717) is 5.92 Å². The topological polar surface area (TPSA) is 17.1 Å². The molecule has 0 aromatic heterocycles. The molecule has 2 aliphatic carbocycles.